The van der Waals surface area contributed by atoms with Gasteiger partial charge in [-0.1, -0.05) is 0 Å². The van der Waals surface area contributed by atoms with E-state index in [1.807, 2.05) is 4.57 Å². The largest absolute Gasteiger partial charge is 0.383 e. The van der Waals surface area contributed by atoms with Gasteiger partial charge in [-0.15, -0.1) is 10.2 Å². The van der Waals surface area contributed by atoms with Gasteiger partial charge in [0.2, 0.25) is 5.91 Å². The fourth-order valence-electron chi connectivity index (χ4n) is 2.68. The Labute approximate surface area is 155 Å². The van der Waals surface area contributed by atoms with Crippen LogP contribution in [0, 0.1) is 0 Å². The summed E-state index contributed by atoms with van der Waals surface area (Å²) in [6.07, 6.45) is 2.18. The molecular weight excluding hydrogens is 352 g/mol. The minimum atomic E-state index is -0.463. The number of nitrogens with one attached hydrogen (secondary N) is 2. The van der Waals surface area contributed by atoms with Crippen LogP contribution in [0.4, 0.5) is 10.5 Å². The lowest BCUT2D eigenvalue weighted by atomic mass is 10.2. The van der Waals surface area contributed by atoms with Gasteiger partial charge in [-0.2, -0.15) is 0 Å². The summed E-state index contributed by atoms with van der Waals surface area (Å²) >= 11 is 0. The van der Waals surface area contributed by atoms with Crippen molar-refractivity contribution >= 4 is 23.5 Å². The zero-order valence-corrected chi connectivity index (χ0v) is 14.8. The molecule has 1 aromatic carbocycles. The van der Waals surface area contributed by atoms with E-state index in [0.717, 1.165) is 5.82 Å². The lowest BCUT2D eigenvalue weighted by Gasteiger charge is -2.13. The van der Waals surface area contributed by atoms with Crippen molar-refractivity contribution in [3.63, 3.8) is 0 Å². The van der Waals surface area contributed by atoms with E-state index in [-0.39, 0.29) is 18.4 Å². The maximum atomic E-state index is 12.3. The summed E-state index contributed by atoms with van der Waals surface area (Å²) in [7, 11) is 1.63. The number of methoxy groups -OCH3 is 1. The van der Waals surface area contributed by atoms with Crippen LogP contribution in [0.15, 0.2) is 30.6 Å². The number of hydrogen-bond donors (Lipinski definition) is 2. The fraction of sp³-hybridized carbons (Fsp3) is 0.353. The average molecular weight is 372 g/mol. The number of nitrogens with zero attached hydrogens (tertiary/aromatic N) is 4. The molecule has 4 amide bonds. The Balaban J connectivity index is 1.52. The molecular formula is C17H20N6O4. The highest BCUT2D eigenvalue weighted by molar-refractivity contribution is 6.12. The van der Waals surface area contributed by atoms with Crippen LogP contribution in [0.2, 0.25) is 0 Å². The number of urea groups is 1. The summed E-state index contributed by atoms with van der Waals surface area (Å²) in [5.74, 6) is 0.194. The van der Waals surface area contributed by atoms with E-state index < -0.39 is 6.03 Å². The van der Waals surface area contributed by atoms with E-state index in [9.17, 15) is 14.4 Å². The van der Waals surface area contributed by atoms with Crippen LogP contribution >= 0.6 is 0 Å². The number of aromatic nitrogens is 3. The summed E-state index contributed by atoms with van der Waals surface area (Å²) in [6.45, 7) is 1.61. The average Bonchev–Trinajstić information content (AvgIpc) is 3.25. The number of anilines is 1. The molecule has 2 aromatic rings. The summed E-state index contributed by atoms with van der Waals surface area (Å²) in [5, 5.41) is 13.0. The Morgan fingerprint density at radius 3 is 2.74 bits per heavy atom. The number of carbonyl (C=O) groups is 3. The quantitative estimate of drug-likeness (QED) is 0.628. The number of rotatable bonds is 8. The highest BCUT2D eigenvalue weighted by atomic mass is 16.5. The van der Waals surface area contributed by atoms with Crippen LogP contribution < -0.4 is 15.5 Å². The number of hydrogen-bond acceptors (Lipinski definition) is 6. The van der Waals surface area contributed by atoms with Gasteiger partial charge in [0, 0.05) is 37.9 Å². The van der Waals surface area contributed by atoms with Crippen molar-refractivity contribution < 1.29 is 19.1 Å². The molecule has 1 aliphatic rings. The highest BCUT2D eigenvalue weighted by Gasteiger charge is 2.27. The molecule has 0 spiro atoms. The van der Waals surface area contributed by atoms with E-state index in [1.54, 1.807) is 37.7 Å². The predicted octanol–water partition coefficient (Wildman–Crippen LogP) is -0.0468. The molecule has 1 aromatic heterocycles. The van der Waals surface area contributed by atoms with Gasteiger partial charge < -0.3 is 14.6 Å². The summed E-state index contributed by atoms with van der Waals surface area (Å²) in [4.78, 5) is 36.5. The first kappa shape index (κ1) is 18.5. The number of ether oxygens (including phenoxy) is 1. The van der Waals surface area contributed by atoms with Crippen molar-refractivity contribution in [3.8, 4) is 0 Å². The Hall–Kier alpha value is -3.27. The van der Waals surface area contributed by atoms with Crippen LogP contribution in [0.25, 0.3) is 0 Å². The molecule has 0 atom stereocenters. The molecule has 0 unspecified atom stereocenters. The number of imide groups is 1. The molecule has 1 saturated heterocycles. The number of amides is 4. The van der Waals surface area contributed by atoms with Crippen LogP contribution in [0.1, 0.15) is 16.2 Å². The SMILES string of the molecule is COCCn1cnnc1CCNC(=O)c1ccc(N2CC(=O)NC2=O)cc1. The van der Waals surface area contributed by atoms with Crippen molar-refractivity contribution in [3.05, 3.63) is 42.0 Å². The predicted molar refractivity (Wildman–Crippen MR) is 95.3 cm³/mol. The van der Waals surface area contributed by atoms with Crippen molar-refractivity contribution in [2.45, 2.75) is 13.0 Å². The van der Waals surface area contributed by atoms with E-state index >= 15 is 0 Å². The standard InChI is InChI=1S/C17H20N6O4/c1-27-9-8-22-11-19-21-14(22)6-7-18-16(25)12-2-4-13(5-3-12)23-10-15(24)20-17(23)26/h2-5,11H,6-10H2,1H3,(H,18,25)(H,20,24,26). The Kier molecular flexibility index (Phi) is 5.77. The molecule has 0 saturated carbocycles. The molecule has 1 aliphatic heterocycles. The molecule has 0 radical (unpaired) electrons. The third-order valence-corrected chi connectivity index (χ3v) is 4.10. The Bertz CT molecular complexity index is 832. The van der Waals surface area contributed by atoms with Gasteiger partial charge in [0.1, 0.15) is 18.7 Å². The lowest BCUT2D eigenvalue weighted by Crippen LogP contribution is -2.28. The molecule has 2 N–H and O–H groups in total. The molecule has 1 fully saturated rings. The Morgan fingerprint density at radius 2 is 2.07 bits per heavy atom. The number of carbonyl (C=O) groups excluding carboxylic acids is 3. The van der Waals surface area contributed by atoms with Crippen LogP contribution in [-0.2, 0) is 22.5 Å². The summed E-state index contributed by atoms with van der Waals surface area (Å²) in [5.41, 5.74) is 1.02. The second-order valence-corrected chi connectivity index (χ2v) is 5.93. The van der Waals surface area contributed by atoms with Crippen molar-refractivity contribution in [1.29, 1.82) is 0 Å². The molecule has 10 nitrogen and oxygen atoms in total. The Morgan fingerprint density at radius 1 is 1.30 bits per heavy atom. The molecule has 3 rings (SSSR count). The maximum Gasteiger partial charge on any atom is 0.329 e. The lowest BCUT2D eigenvalue weighted by molar-refractivity contribution is -0.117. The first-order chi connectivity index (χ1) is 13.1. The van der Waals surface area contributed by atoms with Crippen molar-refractivity contribution in [1.82, 2.24) is 25.4 Å². The zero-order valence-electron chi connectivity index (χ0n) is 14.8. The highest BCUT2D eigenvalue weighted by Crippen LogP contribution is 2.17. The zero-order chi connectivity index (χ0) is 19.2. The molecule has 27 heavy (non-hydrogen) atoms. The third kappa shape index (κ3) is 4.47. The second kappa shape index (κ2) is 8.41. The normalized spacial score (nSPS) is 13.7. The van der Waals surface area contributed by atoms with Crippen molar-refractivity contribution in [2.75, 3.05) is 31.7 Å². The van der Waals surface area contributed by atoms with E-state index in [4.69, 9.17) is 4.74 Å². The topological polar surface area (TPSA) is 118 Å². The van der Waals surface area contributed by atoms with Gasteiger partial charge in [-0.3, -0.25) is 19.8 Å². The summed E-state index contributed by atoms with van der Waals surface area (Å²) in [6, 6.07) is 6.03. The van der Waals surface area contributed by atoms with Gasteiger partial charge in [-0.05, 0) is 24.3 Å². The van der Waals surface area contributed by atoms with Gasteiger partial charge >= 0.3 is 6.03 Å². The van der Waals surface area contributed by atoms with Crippen LogP contribution in [0.5, 0.6) is 0 Å². The van der Waals surface area contributed by atoms with E-state index in [0.29, 0.717) is 37.4 Å². The number of benzene rings is 1. The second-order valence-electron chi connectivity index (χ2n) is 5.93. The minimum Gasteiger partial charge on any atom is -0.383 e. The van der Waals surface area contributed by atoms with Gasteiger partial charge in [0.25, 0.3) is 5.91 Å². The van der Waals surface area contributed by atoms with E-state index in [1.165, 1.54) is 4.90 Å². The maximum absolute atomic E-state index is 12.3. The smallest absolute Gasteiger partial charge is 0.329 e. The van der Waals surface area contributed by atoms with Crippen LogP contribution in [0.3, 0.4) is 0 Å². The molecule has 0 bridgehead atoms. The summed E-state index contributed by atoms with van der Waals surface area (Å²) < 4.78 is 6.92. The fourth-order valence-corrected chi connectivity index (χ4v) is 2.68. The van der Waals surface area contributed by atoms with Gasteiger partial charge in [-0.25, -0.2) is 4.79 Å². The van der Waals surface area contributed by atoms with Gasteiger partial charge in [0.15, 0.2) is 0 Å². The van der Waals surface area contributed by atoms with E-state index in [2.05, 4.69) is 20.8 Å². The van der Waals surface area contributed by atoms with Gasteiger partial charge in [0.05, 0.1) is 6.61 Å². The molecule has 0 aliphatic carbocycles. The van der Waals surface area contributed by atoms with Crippen molar-refractivity contribution in [2.24, 2.45) is 0 Å². The third-order valence-electron chi connectivity index (χ3n) is 4.10. The van der Waals surface area contributed by atoms with Crippen LogP contribution in [-0.4, -0.2) is 59.4 Å². The molecule has 2 heterocycles. The first-order valence-electron chi connectivity index (χ1n) is 8.43. The molecule has 142 valence electrons. The first-order valence-corrected chi connectivity index (χ1v) is 8.43. The molecule has 10 heteroatoms. The minimum absolute atomic E-state index is 0.0197. The monoisotopic (exact) mass is 372 g/mol.